The van der Waals surface area contributed by atoms with Crippen molar-refractivity contribution in [1.82, 2.24) is 9.97 Å². The Hall–Kier alpha value is -4.40. The lowest BCUT2D eigenvalue weighted by Gasteiger charge is -2.23. The van der Waals surface area contributed by atoms with Gasteiger partial charge in [-0.05, 0) is 18.6 Å². The second kappa shape index (κ2) is 7.79. The summed E-state index contributed by atoms with van der Waals surface area (Å²) in [5.74, 6) is -2.30. The fraction of sp³-hybridized carbons (Fsp3) is 0.0909. The minimum atomic E-state index is -1.14. The summed E-state index contributed by atoms with van der Waals surface area (Å²) in [6.07, 6.45) is 2.82. The number of Topliss-reactive ketones (excluding diaryl/α,β-unsaturated/α-hetero) is 1. The molecule has 1 fully saturated rings. The van der Waals surface area contributed by atoms with Gasteiger partial charge in [0.15, 0.2) is 0 Å². The van der Waals surface area contributed by atoms with E-state index in [2.05, 4.69) is 9.97 Å². The van der Waals surface area contributed by atoms with Crippen LogP contribution in [0, 0.1) is 17.0 Å². The van der Waals surface area contributed by atoms with Crippen LogP contribution in [0.3, 0.4) is 0 Å². The first-order chi connectivity index (χ1) is 14.9. The summed E-state index contributed by atoms with van der Waals surface area (Å²) in [5.41, 5.74) is 1.15. The zero-order chi connectivity index (χ0) is 22.1. The van der Waals surface area contributed by atoms with Crippen molar-refractivity contribution in [3.05, 3.63) is 99.4 Å². The first-order valence-electron chi connectivity index (χ1n) is 9.28. The van der Waals surface area contributed by atoms with Gasteiger partial charge in [-0.3, -0.25) is 24.6 Å². The van der Waals surface area contributed by atoms with E-state index in [0.29, 0.717) is 5.56 Å². The van der Waals surface area contributed by atoms with Crippen LogP contribution in [0.5, 0.6) is 0 Å². The number of anilines is 1. The summed E-state index contributed by atoms with van der Waals surface area (Å²) < 4.78 is 0. The first-order valence-corrected chi connectivity index (χ1v) is 9.28. The van der Waals surface area contributed by atoms with Gasteiger partial charge in [-0.1, -0.05) is 42.0 Å². The van der Waals surface area contributed by atoms with Crippen LogP contribution in [-0.4, -0.2) is 31.7 Å². The van der Waals surface area contributed by atoms with Crippen LogP contribution in [0.25, 0.3) is 5.76 Å². The van der Waals surface area contributed by atoms with Gasteiger partial charge in [-0.2, -0.15) is 0 Å². The molecule has 0 spiro atoms. The zero-order valence-electron chi connectivity index (χ0n) is 16.3. The Balaban J connectivity index is 1.96. The molecule has 0 aliphatic carbocycles. The van der Waals surface area contributed by atoms with E-state index in [1.807, 2.05) is 6.92 Å². The standard InChI is InChI=1S/C22H16N4O5/c1-13-6-8-14(9-7-13)19(27)17-18(15-4-2-5-16(12-15)26(30)31)25(21(29)20(17)28)22-23-10-3-11-24-22/h2-12,18,27H,1H3/b19-17+. The topological polar surface area (TPSA) is 127 Å². The minimum absolute atomic E-state index is 0.0518. The zero-order valence-corrected chi connectivity index (χ0v) is 16.3. The quantitative estimate of drug-likeness (QED) is 0.227. The van der Waals surface area contributed by atoms with Crippen molar-refractivity contribution in [1.29, 1.82) is 0 Å². The molecule has 4 rings (SSSR count). The number of aliphatic hydroxyl groups is 1. The Labute approximate surface area is 176 Å². The number of aryl methyl sites for hydroxylation is 1. The number of amides is 1. The SMILES string of the molecule is Cc1ccc(/C(O)=C2\C(=O)C(=O)N(c3ncccn3)C2c2cccc([N+](=O)[O-])c2)cc1. The summed E-state index contributed by atoms with van der Waals surface area (Å²) in [5, 5.41) is 22.3. The molecule has 1 saturated heterocycles. The number of aliphatic hydroxyl groups excluding tert-OH is 1. The number of nitro groups is 1. The predicted molar refractivity (Wildman–Crippen MR) is 111 cm³/mol. The number of benzene rings is 2. The number of nitrogens with zero attached hydrogens (tertiary/aromatic N) is 4. The Morgan fingerprint density at radius 1 is 1.06 bits per heavy atom. The molecular formula is C22H16N4O5. The molecule has 0 bridgehead atoms. The Kier molecular flexibility index (Phi) is 5.00. The molecule has 3 aromatic rings. The fourth-order valence-electron chi connectivity index (χ4n) is 3.45. The summed E-state index contributed by atoms with van der Waals surface area (Å²) >= 11 is 0. The number of ketones is 1. The van der Waals surface area contributed by atoms with Crippen molar-refractivity contribution in [2.75, 3.05) is 4.90 Å². The van der Waals surface area contributed by atoms with E-state index in [-0.39, 0.29) is 28.5 Å². The first kappa shape index (κ1) is 19.9. The molecular weight excluding hydrogens is 400 g/mol. The summed E-state index contributed by atoms with van der Waals surface area (Å²) in [7, 11) is 0. The number of carbonyl (C=O) groups excluding carboxylic acids is 2. The van der Waals surface area contributed by atoms with Gasteiger partial charge in [0.2, 0.25) is 5.95 Å². The number of rotatable bonds is 4. The number of carbonyl (C=O) groups is 2. The summed E-state index contributed by atoms with van der Waals surface area (Å²) in [4.78, 5) is 45.8. The third-order valence-electron chi connectivity index (χ3n) is 4.93. The lowest BCUT2D eigenvalue weighted by Crippen LogP contribution is -2.31. The Morgan fingerprint density at radius 2 is 1.74 bits per heavy atom. The molecule has 9 heteroatoms. The van der Waals surface area contributed by atoms with Crippen LogP contribution in [0.15, 0.2) is 72.6 Å². The van der Waals surface area contributed by atoms with Crippen LogP contribution < -0.4 is 4.90 Å². The second-order valence-corrected chi connectivity index (χ2v) is 6.94. The fourth-order valence-corrected chi connectivity index (χ4v) is 3.45. The Bertz CT molecular complexity index is 1220. The average molecular weight is 416 g/mol. The third-order valence-corrected chi connectivity index (χ3v) is 4.93. The second-order valence-electron chi connectivity index (χ2n) is 6.94. The Morgan fingerprint density at radius 3 is 2.39 bits per heavy atom. The molecule has 1 aliphatic heterocycles. The summed E-state index contributed by atoms with van der Waals surface area (Å²) in [6, 6.07) is 12.7. The molecule has 1 unspecified atom stereocenters. The van der Waals surface area contributed by atoms with Crippen molar-refractivity contribution in [2.45, 2.75) is 13.0 Å². The van der Waals surface area contributed by atoms with E-state index < -0.39 is 22.7 Å². The van der Waals surface area contributed by atoms with E-state index >= 15 is 0 Å². The van der Waals surface area contributed by atoms with Crippen LogP contribution in [0.4, 0.5) is 11.6 Å². The van der Waals surface area contributed by atoms with Gasteiger partial charge in [0.1, 0.15) is 5.76 Å². The van der Waals surface area contributed by atoms with Crippen LogP contribution in [0.1, 0.15) is 22.7 Å². The molecule has 1 amide bonds. The molecule has 1 aromatic heterocycles. The van der Waals surface area contributed by atoms with Crippen LogP contribution in [0.2, 0.25) is 0 Å². The molecule has 0 saturated carbocycles. The molecule has 31 heavy (non-hydrogen) atoms. The van der Waals surface area contributed by atoms with Gasteiger partial charge >= 0.3 is 5.91 Å². The summed E-state index contributed by atoms with van der Waals surface area (Å²) in [6.45, 7) is 1.87. The van der Waals surface area contributed by atoms with Crippen molar-refractivity contribution in [3.63, 3.8) is 0 Å². The van der Waals surface area contributed by atoms with E-state index in [1.165, 1.54) is 30.6 Å². The van der Waals surface area contributed by atoms with Crippen molar-refractivity contribution in [3.8, 4) is 0 Å². The number of hydrogen-bond donors (Lipinski definition) is 1. The number of non-ortho nitro benzene ring substituents is 1. The molecule has 2 aromatic carbocycles. The third kappa shape index (κ3) is 3.52. The van der Waals surface area contributed by atoms with E-state index in [9.17, 15) is 24.8 Å². The molecule has 154 valence electrons. The van der Waals surface area contributed by atoms with Gasteiger partial charge in [-0.25, -0.2) is 9.97 Å². The van der Waals surface area contributed by atoms with Crippen molar-refractivity contribution >= 4 is 29.1 Å². The monoisotopic (exact) mass is 416 g/mol. The lowest BCUT2D eigenvalue weighted by atomic mass is 9.95. The highest BCUT2D eigenvalue weighted by molar-refractivity contribution is 6.51. The van der Waals surface area contributed by atoms with Crippen molar-refractivity contribution in [2.24, 2.45) is 0 Å². The maximum absolute atomic E-state index is 13.0. The number of hydrogen-bond acceptors (Lipinski definition) is 7. The largest absolute Gasteiger partial charge is 0.507 e. The van der Waals surface area contributed by atoms with E-state index in [1.54, 1.807) is 36.4 Å². The smallest absolute Gasteiger partial charge is 0.302 e. The van der Waals surface area contributed by atoms with Crippen LogP contribution in [-0.2, 0) is 9.59 Å². The molecule has 2 heterocycles. The maximum Gasteiger partial charge on any atom is 0.302 e. The van der Waals surface area contributed by atoms with E-state index in [4.69, 9.17) is 0 Å². The molecule has 1 aliphatic rings. The highest BCUT2D eigenvalue weighted by Gasteiger charge is 2.48. The van der Waals surface area contributed by atoms with Gasteiger partial charge in [0.25, 0.3) is 11.5 Å². The van der Waals surface area contributed by atoms with Gasteiger partial charge in [-0.15, -0.1) is 0 Å². The van der Waals surface area contributed by atoms with Crippen molar-refractivity contribution < 1.29 is 19.6 Å². The number of nitro benzene ring substituents is 1. The molecule has 1 atom stereocenters. The molecule has 1 N–H and O–H groups in total. The minimum Gasteiger partial charge on any atom is -0.507 e. The van der Waals surface area contributed by atoms with Crippen LogP contribution >= 0.6 is 0 Å². The van der Waals surface area contributed by atoms with Gasteiger partial charge < -0.3 is 5.11 Å². The van der Waals surface area contributed by atoms with Gasteiger partial charge in [0.05, 0.1) is 16.5 Å². The lowest BCUT2D eigenvalue weighted by molar-refractivity contribution is -0.384. The highest BCUT2D eigenvalue weighted by atomic mass is 16.6. The average Bonchev–Trinajstić information content (AvgIpc) is 3.05. The normalized spacial score (nSPS) is 17.7. The van der Waals surface area contributed by atoms with Gasteiger partial charge in [0, 0.05) is 30.1 Å². The molecule has 0 radical (unpaired) electrons. The number of aromatic nitrogens is 2. The van der Waals surface area contributed by atoms with E-state index in [0.717, 1.165) is 10.5 Å². The maximum atomic E-state index is 13.0. The highest BCUT2D eigenvalue weighted by Crippen LogP contribution is 2.41. The molecule has 9 nitrogen and oxygen atoms in total. The predicted octanol–water partition coefficient (Wildman–Crippen LogP) is 3.32.